The van der Waals surface area contributed by atoms with Crippen molar-refractivity contribution in [2.75, 3.05) is 40.4 Å². The van der Waals surface area contributed by atoms with E-state index in [-0.39, 0.29) is 11.8 Å². The predicted molar refractivity (Wildman–Crippen MR) is 113 cm³/mol. The molecule has 0 aliphatic carbocycles. The molecule has 9 nitrogen and oxygen atoms in total. The highest BCUT2D eigenvalue weighted by atomic mass is 16.5. The van der Waals surface area contributed by atoms with Gasteiger partial charge in [0.15, 0.2) is 0 Å². The first-order valence-corrected chi connectivity index (χ1v) is 9.97. The largest absolute Gasteiger partial charge is 0.496 e. The van der Waals surface area contributed by atoms with Gasteiger partial charge in [-0.3, -0.25) is 9.59 Å². The van der Waals surface area contributed by atoms with Crippen LogP contribution in [0.1, 0.15) is 32.1 Å². The van der Waals surface area contributed by atoms with Gasteiger partial charge >= 0.3 is 0 Å². The first-order valence-electron chi connectivity index (χ1n) is 9.97. The van der Waals surface area contributed by atoms with Crippen LogP contribution in [0.3, 0.4) is 0 Å². The van der Waals surface area contributed by atoms with Crippen molar-refractivity contribution in [1.82, 2.24) is 19.9 Å². The lowest BCUT2D eigenvalue weighted by Crippen LogP contribution is -2.50. The number of piperazine rings is 1. The van der Waals surface area contributed by atoms with Crippen LogP contribution < -0.4 is 9.47 Å². The molecule has 162 valence electrons. The lowest BCUT2D eigenvalue weighted by molar-refractivity contribution is 0.0532. The summed E-state index contributed by atoms with van der Waals surface area (Å²) in [5.74, 6) is 0.614. The molecule has 0 atom stereocenters. The van der Waals surface area contributed by atoms with E-state index in [4.69, 9.17) is 14.0 Å². The zero-order chi connectivity index (χ0) is 22.1. The number of benzene rings is 1. The van der Waals surface area contributed by atoms with Crippen LogP contribution in [0.15, 0.2) is 28.8 Å². The summed E-state index contributed by atoms with van der Waals surface area (Å²) in [6, 6.07) is 6.99. The molecular weight excluding hydrogens is 400 g/mol. The fourth-order valence-electron chi connectivity index (χ4n) is 3.89. The Kier molecular flexibility index (Phi) is 5.50. The molecule has 1 aromatic carbocycles. The van der Waals surface area contributed by atoms with Crippen LogP contribution in [0, 0.1) is 13.8 Å². The highest BCUT2D eigenvalue weighted by Crippen LogP contribution is 2.30. The molecule has 0 spiro atoms. The first kappa shape index (κ1) is 20.6. The third-order valence-corrected chi connectivity index (χ3v) is 5.47. The van der Waals surface area contributed by atoms with E-state index in [2.05, 4.69) is 10.1 Å². The molecule has 1 saturated heterocycles. The summed E-state index contributed by atoms with van der Waals surface area (Å²) in [7, 11) is 3.04. The van der Waals surface area contributed by atoms with Crippen LogP contribution in [-0.2, 0) is 0 Å². The summed E-state index contributed by atoms with van der Waals surface area (Å²) >= 11 is 0. The van der Waals surface area contributed by atoms with Crippen molar-refractivity contribution in [3.05, 3.63) is 46.8 Å². The number of pyridine rings is 1. The van der Waals surface area contributed by atoms with E-state index in [9.17, 15) is 9.59 Å². The summed E-state index contributed by atoms with van der Waals surface area (Å²) < 4.78 is 16.0. The topological polar surface area (TPSA) is 98.0 Å². The summed E-state index contributed by atoms with van der Waals surface area (Å²) in [6.45, 7) is 5.23. The van der Waals surface area contributed by atoms with E-state index >= 15 is 0 Å². The van der Waals surface area contributed by atoms with Gasteiger partial charge in [0.1, 0.15) is 17.1 Å². The molecule has 1 fully saturated rings. The van der Waals surface area contributed by atoms with Gasteiger partial charge in [-0.05, 0) is 32.0 Å². The highest BCUT2D eigenvalue weighted by molar-refractivity contribution is 6.06. The number of methoxy groups -OCH3 is 2. The standard InChI is InChI=1S/C22H24N4O5/c1-13-12-15(18-14(2)24-31-20(18)23-13)21(27)25-8-10-26(11-9-25)22(28)19-16(29-3)6-5-7-17(19)30-4/h5-7,12H,8-11H2,1-4H3. The minimum absolute atomic E-state index is 0.122. The van der Waals surface area contributed by atoms with Crippen molar-refractivity contribution in [2.45, 2.75) is 13.8 Å². The van der Waals surface area contributed by atoms with Crippen LogP contribution in [0.4, 0.5) is 0 Å². The number of amides is 2. The van der Waals surface area contributed by atoms with Crippen molar-refractivity contribution in [2.24, 2.45) is 0 Å². The van der Waals surface area contributed by atoms with Gasteiger partial charge in [0, 0.05) is 31.9 Å². The smallest absolute Gasteiger partial charge is 0.261 e. The van der Waals surface area contributed by atoms with E-state index in [1.54, 1.807) is 41.0 Å². The molecule has 3 heterocycles. The third-order valence-electron chi connectivity index (χ3n) is 5.47. The van der Waals surface area contributed by atoms with Crippen molar-refractivity contribution in [3.8, 4) is 11.5 Å². The Morgan fingerprint density at radius 3 is 2.13 bits per heavy atom. The molecular formula is C22H24N4O5. The average Bonchev–Trinajstić information content (AvgIpc) is 3.17. The number of carbonyl (C=O) groups is 2. The maximum absolute atomic E-state index is 13.2. The lowest BCUT2D eigenvalue weighted by atomic mass is 10.1. The molecule has 0 N–H and O–H groups in total. The van der Waals surface area contributed by atoms with E-state index in [1.807, 2.05) is 6.92 Å². The lowest BCUT2D eigenvalue weighted by Gasteiger charge is -2.35. The van der Waals surface area contributed by atoms with Gasteiger partial charge in [-0.2, -0.15) is 0 Å². The van der Waals surface area contributed by atoms with Gasteiger partial charge in [0.25, 0.3) is 17.5 Å². The van der Waals surface area contributed by atoms with Crippen LogP contribution in [0.2, 0.25) is 0 Å². The maximum Gasteiger partial charge on any atom is 0.261 e. The monoisotopic (exact) mass is 424 g/mol. The summed E-state index contributed by atoms with van der Waals surface area (Å²) in [4.78, 5) is 34.2. The molecule has 1 aliphatic rings. The highest BCUT2D eigenvalue weighted by Gasteiger charge is 2.30. The second kappa shape index (κ2) is 8.25. The molecule has 31 heavy (non-hydrogen) atoms. The molecule has 0 radical (unpaired) electrons. The summed E-state index contributed by atoms with van der Waals surface area (Å²) in [5, 5.41) is 4.57. The van der Waals surface area contributed by atoms with Crippen LogP contribution in [0.25, 0.3) is 11.1 Å². The van der Waals surface area contributed by atoms with Gasteiger partial charge in [0.05, 0.1) is 30.9 Å². The Morgan fingerprint density at radius 2 is 1.55 bits per heavy atom. The average molecular weight is 424 g/mol. The fourth-order valence-corrected chi connectivity index (χ4v) is 3.89. The summed E-state index contributed by atoms with van der Waals surface area (Å²) in [6.07, 6.45) is 0. The fraction of sp³-hybridized carbons (Fsp3) is 0.364. The Labute approximate surface area is 179 Å². The number of hydrogen-bond acceptors (Lipinski definition) is 7. The number of hydrogen-bond donors (Lipinski definition) is 0. The van der Waals surface area contributed by atoms with Crippen molar-refractivity contribution < 1.29 is 23.6 Å². The second-order valence-corrected chi connectivity index (χ2v) is 7.38. The van der Waals surface area contributed by atoms with Gasteiger partial charge in [-0.25, -0.2) is 4.98 Å². The molecule has 4 rings (SSSR count). The van der Waals surface area contributed by atoms with E-state index in [0.29, 0.717) is 71.3 Å². The van der Waals surface area contributed by atoms with Crippen LogP contribution >= 0.6 is 0 Å². The van der Waals surface area contributed by atoms with Gasteiger partial charge in [-0.15, -0.1) is 0 Å². The minimum Gasteiger partial charge on any atom is -0.496 e. The van der Waals surface area contributed by atoms with Gasteiger partial charge in [-0.1, -0.05) is 11.2 Å². The molecule has 0 unspecified atom stereocenters. The second-order valence-electron chi connectivity index (χ2n) is 7.38. The molecule has 9 heteroatoms. The van der Waals surface area contributed by atoms with Crippen molar-refractivity contribution in [1.29, 1.82) is 0 Å². The van der Waals surface area contributed by atoms with Crippen LogP contribution in [0.5, 0.6) is 11.5 Å². The molecule has 2 amide bonds. The number of ether oxygens (including phenoxy) is 2. The minimum atomic E-state index is -0.182. The quantitative estimate of drug-likeness (QED) is 0.634. The molecule has 0 bridgehead atoms. The molecule has 2 aromatic heterocycles. The summed E-state index contributed by atoms with van der Waals surface area (Å²) in [5.41, 5.74) is 2.58. The molecule has 0 saturated carbocycles. The van der Waals surface area contributed by atoms with Gasteiger partial charge < -0.3 is 23.8 Å². The third kappa shape index (κ3) is 3.67. The number of carbonyl (C=O) groups excluding carboxylic acids is 2. The number of aromatic nitrogens is 2. The maximum atomic E-state index is 13.2. The zero-order valence-corrected chi connectivity index (χ0v) is 18.0. The Bertz CT molecular complexity index is 1130. The number of nitrogens with zero attached hydrogens (tertiary/aromatic N) is 4. The molecule has 1 aliphatic heterocycles. The van der Waals surface area contributed by atoms with Crippen LogP contribution in [-0.4, -0.2) is 72.2 Å². The normalized spacial score (nSPS) is 14.1. The zero-order valence-electron chi connectivity index (χ0n) is 18.0. The number of fused-ring (bicyclic) bond motifs is 1. The van der Waals surface area contributed by atoms with E-state index in [1.165, 1.54) is 14.2 Å². The molecule has 3 aromatic rings. The Morgan fingerprint density at radius 1 is 0.968 bits per heavy atom. The van der Waals surface area contributed by atoms with Crippen molar-refractivity contribution >= 4 is 22.9 Å². The SMILES string of the molecule is COc1cccc(OC)c1C(=O)N1CCN(C(=O)c2cc(C)nc3onc(C)c23)CC1. The number of rotatable bonds is 4. The predicted octanol–water partition coefficient (Wildman–Crippen LogP) is 2.46. The first-order chi connectivity index (χ1) is 14.9. The van der Waals surface area contributed by atoms with E-state index < -0.39 is 0 Å². The Balaban J connectivity index is 1.53. The Hall–Kier alpha value is -3.62. The van der Waals surface area contributed by atoms with E-state index in [0.717, 1.165) is 0 Å². The van der Waals surface area contributed by atoms with Gasteiger partial charge in [0.2, 0.25) is 0 Å². The number of aryl methyl sites for hydroxylation is 2. The van der Waals surface area contributed by atoms with Crippen molar-refractivity contribution in [3.63, 3.8) is 0 Å².